The monoisotopic (exact) mass is 420 g/mol. The lowest BCUT2D eigenvalue weighted by atomic mass is 10.1. The lowest BCUT2D eigenvalue weighted by molar-refractivity contribution is -0.141. The van der Waals surface area contributed by atoms with Gasteiger partial charge in [0.1, 0.15) is 11.3 Å². The zero-order valence-corrected chi connectivity index (χ0v) is 15.7. The maximum Gasteiger partial charge on any atom is 0.435 e. The van der Waals surface area contributed by atoms with Gasteiger partial charge in [-0.3, -0.25) is 4.79 Å². The minimum Gasteiger partial charge on any atom is -0.480 e. The molecule has 1 unspecified atom stereocenters. The Balaban J connectivity index is 2.05. The van der Waals surface area contributed by atoms with Crippen molar-refractivity contribution in [2.45, 2.75) is 32.2 Å². The van der Waals surface area contributed by atoms with Crippen molar-refractivity contribution in [2.75, 3.05) is 0 Å². The van der Waals surface area contributed by atoms with Crippen molar-refractivity contribution in [3.05, 3.63) is 57.3 Å². The fraction of sp³-hybridized carbons (Fsp3) is 0.263. The van der Waals surface area contributed by atoms with Crippen LogP contribution >= 0.6 is 0 Å². The molecule has 0 amide bonds. The number of halogens is 3. The first-order valence-corrected chi connectivity index (χ1v) is 8.86. The average Bonchev–Trinajstić information content (AvgIpc) is 3.23. The van der Waals surface area contributed by atoms with E-state index in [0.717, 1.165) is 0 Å². The van der Waals surface area contributed by atoms with Crippen LogP contribution in [0.5, 0.6) is 0 Å². The van der Waals surface area contributed by atoms with Gasteiger partial charge in [0.2, 0.25) is 5.88 Å². The molecular formula is C19H15F3N4O4. The largest absolute Gasteiger partial charge is 0.480 e. The number of nitrogens with one attached hydrogen (secondary N) is 1. The first-order valence-electron chi connectivity index (χ1n) is 8.86. The summed E-state index contributed by atoms with van der Waals surface area (Å²) in [4.78, 5) is 28.5. The predicted molar refractivity (Wildman–Crippen MR) is 98.2 cm³/mol. The van der Waals surface area contributed by atoms with E-state index >= 15 is 0 Å². The lowest BCUT2D eigenvalue weighted by Crippen LogP contribution is -2.41. The summed E-state index contributed by atoms with van der Waals surface area (Å²) < 4.78 is 47.1. The maximum absolute atomic E-state index is 13.7. The Kier molecular flexibility index (Phi) is 4.40. The number of aryl methyl sites for hydroxylation is 1. The van der Waals surface area contributed by atoms with Gasteiger partial charge in [-0.25, -0.2) is 9.78 Å². The van der Waals surface area contributed by atoms with Crippen LogP contribution in [0.25, 0.3) is 22.7 Å². The standard InChI is InChI=1S/C19H15F3N4O4/c1-8-11(16-24-13(18(28)29)9(2)30-16)17(27)26-15(23-8)12(10-6-4-3-5-7-10)14(25-26)19(20,21)22/h3-7,9,13,24H,1-2H3,(H,28,29)/b16-11-/t9-,13?/m0/s1. The van der Waals surface area contributed by atoms with Gasteiger partial charge >= 0.3 is 12.1 Å². The van der Waals surface area contributed by atoms with Crippen LogP contribution in [0.2, 0.25) is 0 Å². The number of rotatable bonds is 2. The number of aliphatic carboxylic acids is 1. The van der Waals surface area contributed by atoms with Gasteiger partial charge in [-0.2, -0.15) is 22.8 Å². The topological polar surface area (TPSA) is 106 Å². The summed E-state index contributed by atoms with van der Waals surface area (Å²) in [7, 11) is 0. The van der Waals surface area contributed by atoms with E-state index in [2.05, 4.69) is 15.4 Å². The highest BCUT2D eigenvalue weighted by Gasteiger charge is 2.40. The van der Waals surface area contributed by atoms with Crippen LogP contribution in [0.1, 0.15) is 18.3 Å². The normalized spacial score (nSPS) is 20.8. The number of hydrogen-bond acceptors (Lipinski definition) is 6. The second-order valence-electron chi connectivity index (χ2n) is 6.81. The van der Waals surface area contributed by atoms with Crippen molar-refractivity contribution in [1.82, 2.24) is 19.9 Å². The Labute approximate surface area is 166 Å². The summed E-state index contributed by atoms with van der Waals surface area (Å²) in [6.07, 6.45) is -5.62. The summed E-state index contributed by atoms with van der Waals surface area (Å²) in [6, 6.07) is 6.61. The molecule has 156 valence electrons. The Hall–Kier alpha value is -3.63. The summed E-state index contributed by atoms with van der Waals surface area (Å²) >= 11 is 0. The number of benzene rings is 1. The molecule has 3 aromatic rings. The van der Waals surface area contributed by atoms with Crippen molar-refractivity contribution in [2.24, 2.45) is 0 Å². The Bertz CT molecular complexity index is 1270. The Morgan fingerprint density at radius 1 is 1.27 bits per heavy atom. The van der Waals surface area contributed by atoms with Gasteiger partial charge in [-0.1, -0.05) is 30.3 Å². The molecule has 0 radical (unpaired) electrons. The van der Waals surface area contributed by atoms with E-state index in [1.165, 1.54) is 26.0 Å². The zero-order valence-electron chi connectivity index (χ0n) is 15.7. The minimum atomic E-state index is -4.82. The van der Waals surface area contributed by atoms with Crippen molar-refractivity contribution >= 4 is 17.5 Å². The third kappa shape index (κ3) is 3.02. The summed E-state index contributed by atoms with van der Waals surface area (Å²) in [6.45, 7) is 2.93. The molecule has 3 heterocycles. The molecule has 2 aromatic heterocycles. The number of ether oxygens (including phenoxy) is 1. The Morgan fingerprint density at radius 3 is 2.50 bits per heavy atom. The van der Waals surface area contributed by atoms with Gasteiger partial charge in [0.25, 0.3) is 5.56 Å². The molecule has 1 aliphatic rings. The van der Waals surface area contributed by atoms with Crippen molar-refractivity contribution in [3.63, 3.8) is 0 Å². The van der Waals surface area contributed by atoms with Crippen molar-refractivity contribution in [3.8, 4) is 11.1 Å². The quantitative estimate of drug-likeness (QED) is 0.644. The maximum atomic E-state index is 13.7. The third-order valence-corrected chi connectivity index (χ3v) is 4.79. The summed E-state index contributed by atoms with van der Waals surface area (Å²) in [5, 5.41) is 15.1. The fourth-order valence-electron chi connectivity index (χ4n) is 3.40. The number of carbonyl (C=O) groups is 1. The number of alkyl halides is 3. The zero-order chi connectivity index (χ0) is 21.8. The van der Waals surface area contributed by atoms with Crippen molar-refractivity contribution in [1.29, 1.82) is 0 Å². The molecule has 0 bridgehead atoms. The number of fused-ring (bicyclic) bond motifs is 1. The molecular weight excluding hydrogens is 405 g/mol. The van der Waals surface area contributed by atoms with Gasteiger partial charge in [0.05, 0.1) is 11.3 Å². The molecule has 1 aliphatic heterocycles. The van der Waals surface area contributed by atoms with Gasteiger partial charge in [0.15, 0.2) is 17.4 Å². The van der Waals surface area contributed by atoms with E-state index in [-0.39, 0.29) is 33.6 Å². The van der Waals surface area contributed by atoms with Crippen LogP contribution in [0, 0.1) is 6.92 Å². The first kappa shape index (κ1) is 19.7. The first-order chi connectivity index (χ1) is 14.1. The van der Waals surface area contributed by atoms with E-state index in [1.807, 2.05) is 0 Å². The summed E-state index contributed by atoms with van der Waals surface area (Å²) in [5.41, 5.74) is -2.40. The molecule has 8 nitrogen and oxygen atoms in total. The highest BCUT2D eigenvalue weighted by atomic mass is 19.4. The number of carboxylic acid groups (broad SMARTS) is 1. The van der Waals surface area contributed by atoms with Crippen LogP contribution in [-0.2, 0) is 15.7 Å². The van der Waals surface area contributed by atoms with Crippen LogP contribution in [0.3, 0.4) is 0 Å². The number of carboxylic acids is 1. The molecule has 11 heteroatoms. The second-order valence-corrected chi connectivity index (χ2v) is 6.81. The molecule has 0 spiro atoms. The predicted octanol–water partition coefficient (Wildman–Crippen LogP) is 1.33. The molecule has 1 aromatic carbocycles. The molecule has 4 rings (SSSR count). The van der Waals surface area contributed by atoms with E-state index < -0.39 is 35.5 Å². The van der Waals surface area contributed by atoms with Gasteiger partial charge in [-0.05, 0) is 19.4 Å². The SMILES string of the molecule is Cc1nc2c(-c3ccccc3)c(C(F)(F)F)nn2c(=O)/c1=C1/NC(C(=O)O)[C@H](C)O1. The molecule has 2 atom stereocenters. The van der Waals surface area contributed by atoms with Gasteiger partial charge in [-0.15, -0.1) is 0 Å². The molecule has 1 fully saturated rings. The fourth-order valence-corrected chi connectivity index (χ4v) is 3.40. The third-order valence-electron chi connectivity index (χ3n) is 4.79. The average molecular weight is 420 g/mol. The minimum absolute atomic E-state index is 0.0824. The van der Waals surface area contributed by atoms with Crippen molar-refractivity contribution < 1.29 is 27.8 Å². The second kappa shape index (κ2) is 6.71. The van der Waals surface area contributed by atoms with Crippen LogP contribution in [-0.4, -0.2) is 37.8 Å². The number of hydrogen-bond donors (Lipinski definition) is 2. The van der Waals surface area contributed by atoms with Crippen LogP contribution < -0.4 is 16.1 Å². The van der Waals surface area contributed by atoms with E-state index in [0.29, 0.717) is 4.52 Å². The smallest absolute Gasteiger partial charge is 0.435 e. The molecule has 1 saturated heterocycles. The van der Waals surface area contributed by atoms with Crippen LogP contribution in [0.4, 0.5) is 13.2 Å². The van der Waals surface area contributed by atoms with E-state index in [9.17, 15) is 27.9 Å². The molecule has 0 aliphatic carbocycles. The number of aromatic nitrogens is 3. The Morgan fingerprint density at radius 2 is 1.93 bits per heavy atom. The van der Waals surface area contributed by atoms with E-state index in [4.69, 9.17) is 4.74 Å². The lowest BCUT2D eigenvalue weighted by Gasteiger charge is -2.06. The highest BCUT2D eigenvalue weighted by molar-refractivity contribution is 5.80. The number of nitrogens with zero attached hydrogens (tertiary/aromatic N) is 3. The molecule has 2 N–H and O–H groups in total. The van der Waals surface area contributed by atoms with Gasteiger partial charge < -0.3 is 15.2 Å². The summed E-state index contributed by atoms with van der Waals surface area (Å²) in [5.74, 6) is -1.35. The highest BCUT2D eigenvalue weighted by Crippen LogP contribution is 2.37. The molecule has 30 heavy (non-hydrogen) atoms. The van der Waals surface area contributed by atoms with E-state index in [1.54, 1.807) is 18.2 Å². The molecule has 0 saturated carbocycles. The van der Waals surface area contributed by atoms with Gasteiger partial charge in [0, 0.05) is 0 Å². The van der Waals surface area contributed by atoms with Crippen LogP contribution in [0.15, 0.2) is 35.1 Å².